The van der Waals surface area contributed by atoms with Crippen LogP contribution in [0.25, 0.3) is 5.69 Å². The molecule has 29 heavy (non-hydrogen) atoms. The van der Waals surface area contributed by atoms with Crippen LogP contribution in [0.3, 0.4) is 0 Å². The summed E-state index contributed by atoms with van der Waals surface area (Å²) in [7, 11) is 0. The molecule has 0 spiro atoms. The third-order valence-corrected chi connectivity index (χ3v) is 6.07. The number of rotatable bonds is 6. The van der Waals surface area contributed by atoms with Crippen molar-refractivity contribution >= 4 is 17.7 Å². The average molecular weight is 394 g/mol. The van der Waals surface area contributed by atoms with Gasteiger partial charge >= 0.3 is 0 Å². The topological polar surface area (TPSA) is 84.3 Å². The average Bonchev–Trinajstić information content (AvgIpc) is 3.35. The molecule has 1 saturated heterocycles. The molecule has 2 fully saturated rings. The number of hydrogen-bond acceptors (Lipinski definition) is 4. The zero-order valence-corrected chi connectivity index (χ0v) is 16.6. The van der Waals surface area contributed by atoms with Crippen molar-refractivity contribution in [3.05, 3.63) is 48.5 Å². The second-order valence-electron chi connectivity index (χ2n) is 7.93. The maximum absolute atomic E-state index is 12.5. The minimum absolute atomic E-state index is 0.0874. The van der Waals surface area contributed by atoms with Gasteiger partial charge < -0.3 is 9.88 Å². The summed E-state index contributed by atoms with van der Waals surface area (Å²) < 4.78 is 1.91. The Morgan fingerprint density at radius 3 is 2.38 bits per heavy atom. The highest BCUT2D eigenvalue weighted by Crippen LogP contribution is 2.37. The smallest absolute Gasteiger partial charge is 0.233 e. The third-order valence-electron chi connectivity index (χ3n) is 6.07. The Morgan fingerprint density at radius 1 is 1.14 bits per heavy atom. The predicted molar refractivity (Wildman–Crippen MR) is 107 cm³/mol. The molecule has 3 amide bonds. The van der Waals surface area contributed by atoms with Crippen LogP contribution in [-0.4, -0.2) is 38.7 Å². The lowest BCUT2D eigenvalue weighted by atomic mass is 9.81. The van der Waals surface area contributed by atoms with Crippen LogP contribution >= 0.6 is 0 Å². The van der Waals surface area contributed by atoms with Gasteiger partial charge in [-0.1, -0.05) is 25.0 Å². The van der Waals surface area contributed by atoms with Crippen LogP contribution in [0.2, 0.25) is 0 Å². The normalized spacial score (nSPS) is 22.4. The first kappa shape index (κ1) is 19.4. The minimum Gasteiger partial charge on any atom is -0.350 e. The van der Waals surface area contributed by atoms with E-state index < -0.39 is 0 Å². The first-order valence-corrected chi connectivity index (χ1v) is 10.3. The van der Waals surface area contributed by atoms with Crippen molar-refractivity contribution in [1.82, 2.24) is 19.8 Å². The molecule has 1 aliphatic carbocycles. The van der Waals surface area contributed by atoms with Gasteiger partial charge in [-0.05, 0) is 37.5 Å². The fraction of sp³-hybridized carbons (Fsp3) is 0.455. The van der Waals surface area contributed by atoms with E-state index in [1.807, 2.05) is 42.0 Å². The number of hydrogen-bond donors (Lipinski definition) is 1. The first-order chi connectivity index (χ1) is 14.0. The SMILES string of the molecule is C[C@@H](NC(=O)CCN1C(=O)[C@H]2CCCC[C@H]2C1=O)c1ccc(-n2ccnc2)cc1. The first-order valence-electron chi connectivity index (χ1n) is 10.3. The lowest BCUT2D eigenvalue weighted by Crippen LogP contribution is -2.36. The summed E-state index contributed by atoms with van der Waals surface area (Å²) in [4.78, 5) is 42.7. The van der Waals surface area contributed by atoms with E-state index in [0.29, 0.717) is 0 Å². The highest BCUT2D eigenvalue weighted by Gasteiger charge is 2.47. The van der Waals surface area contributed by atoms with E-state index in [-0.39, 0.29) is 48.6 Å². The molecule has 0 radical (unpaired) electrons. The molecule has 0 bridgehead atoms. The van der Waals surface area contributed by atoms with Crippen LogP contribution in [0.15, 0.2) is 43.0 Å². The molecule has 1 aromatic carbocycles. The van der Waals surface area contributed by atoms with Crippen molar-refractivity contribution in [2.45, 2.75) is 45.1 Å². The molecule has 0 unspecified atom stereocenters. The number of imidazole rings is 1. The Bertz CT molecular complexity index is 867. The van der Waals surface area contributed by atoms with Gasteiger partial charge in [-0.2, -0.15) is 0 Å². The van der Waals surface area contributed by atoms with Gasteiger partial charge in [-0.25, -0.2) is 4.98 Å². The second-order valence-corrected chi connectivity index (χ2v) is 7.93. The molecule has 2 aliphatic rings. The van der Waals surface area contributed by atoms with Crippen molar-refractivity contribution in [1.29, 1.82) is 0 Å². The number of carbonyl (C=O) groups is 3. The third kappa shape index (κ3) is 3.95. The Kier molecular flexibility index (Phi) is 5.47. The van der Waals surface area contributed by atoms with Crippen LogP contribution < -0.4 is 5.32 Å². The maximum atomic E-state index is 12.5. The Morgan fingerprint density at radius 2 is 1.79 bits per heavy atom. The summed E-state index contributed by atoms with van der Waals surface area (Å²) in [5.74, 6) is -0.655. The van der Waals surface area contributed by atoms with Crippen LogP contribution in [-0.2, 0) is 14.4 Å². The van der Waals surface area contributed by atoms with Crippen molar-refractivity contribution in [2.24, 2.45) is 11.8 Å². The van der Waals surface area contributed by atoms with Crippen LogP contribution in [0.5, 0.6) is 0 Å². The summed E-state index contributed by atoms with van der Waals surface area (Å²) in [6.45, 7) is 2.09. The van der Waals surface area contributed by atoms with Gasteiger partial charge in [0.05, 0.1) is 24.2 Å². The summed E-state index contributed by atoms with van der Waals surface area (Å²) in [5.41, 5.74) is 1.99. The van der Waals surface area contributed by atoms with E-state index in [4.69, 9.17) is 0 Å². The minimum atomic E-state index is -0.161. The fourth-order valence-corrected chi connectivity index (χ4v) is 4.41. The van der Waals surface area contributed by atoms with E-state index in [2.05, 4.69) is 10.3 Å². The molecular formula is C22H26N4O3. The molecule has 7 heteroatoms. The van der Waals surface area contributed by atoms with Crippen molar-refractivity contribution in [2.75, 3.05) is 6.54 Å². The van der Waals surface area contributed by atoms with Gasteiger partial charge in [0, 0.05) is 31.0 Å². The maximum Gasteiger partial charge on any atom is 0.233 e. The Labute approximate surface area is 170 Å². The molecule has 1 saturated carbocycles. The largest absolute Gasteiger partial charge is 0.350 e. The van der Waals surface area contributed by atoms with Crippen molar-refractivity contribution in [3.63, 3.8) is 0 Å². The number of benzene rings is 1. The number of likely N-dealkylation sites (tertiary alicyclic amines) is 1. The van der Waals surface area contributed by atoms with E-state index in [9.17, 15) is 14.4 Å². The molecule has 7 nitrogen and oxygen atoms in total. The zero-order valence-electron chi connectivity index (χ0n) is 16.6. The second kappa shape index (κ2) is 8.19. The van der Waals surface area contributed by atoms with Gasteiger partial charge in [-0.3, -0.25) is 19.3 Å². The number of nitrogens with zero attached hydrogens (tertiary/aromatic N) is 3. The van der Waals surface area contributed by atoms with Crippen molar-refractivity contribution < 1.29 is 14.4 Å². The molecular weight excluding hydrogens is 368 g/mol. The van der Waals surface area contributed by atoms with Gasteiger partial charge in [0.1, 0.15) is 0 Å². The predicted octanol–water partition coefficient (Wildman–Crippen LogP) is 2.61. The highest BCUT2D eigenvalue weighted by atomic mass is 16.2. The number of amides is 3. The Balaban J connectivity index is 1.30. The van der Waals surface area contributed by atoms with E-state index in [0.717, 1.165) is 36.9 Å². The molecule has 152 valence electrons. The molecule has 2 heterocycles. The standard InChI is InChI=1S/C22H26N4O3/c1-15(16-6-8-17(9-7-16)25-13-11-23-14-25)24-20(27)10-12-26-21(28)18-4-2-3-5-19(18)22(26)29/h6-9,11,13-15,18-19H,2-5,10,12H2,1H3,(H,24,27)/t15-,18-,19+/m1/s1. The van der Waals surface area contributed by atoms with Crippen LogP contribution in [0, 0.1) is 11.8 Å². The van der Waals surface area contributed by atoms with Crippen molar-refractivity contribution in [3.8, 4) is 5.69 Å². The molecule has 4 rings (SSSR count). The molecule has 3 atom stereocenters. The quantitative estimate of drug-likeness (QED) is 0.764. The van der Waals surface area contributed by atoms with Gasteiger partial charge in [0.25, 0.3) is 0 Å². The summed E-state index contributed by atoms with van der Waals surface area (Å²) in [6.07, 6.45) is 9.07. The zero-order chi connectivity index (χ0) is 20.4. The van der Waals surface area contributed by atoms with Gasteiger partial charge in [0.15, 0.2) is 0 Å². The van der Waals surface area contributed by atoms with E-state index in [1.165, 1.54) is 4.90 Å². The van der Waals surface area contributed by atoms with Crippen LogP contribution in [0.4, 0.5) is 0 Å². The summed E-state index contributed by atoms with van der Waals surface area (Å²) >= 11 is 0. The molecule has 1 aliphatic heterocycles. The number of fused-ring (bicyclic) bond motifs is 1. The lowest BCUT2D eigenvalue weighted by molar-refractivity contribution is -0.140. The fourth-order valence-electron chi connectivity index (χ4n) is 4.41. The number of imide groups is 1. The van der Waals surface area contributed by atoms with E-state index >= 15 is 0 Å². The highest BCUT2D eigenvalue weighted by molar-refractivity contribution is 6.05. The Hall–Kier alpha value is -2.96. The number of carbonyl (C=O) groups excluding carboxylic acids is 3. The summed E-state index contributed by atoms with van der Waals surface area (Å²) in [6, 6.07) is 7.73. The molecule has 2 aromatic rings. The van der Waals surface area contributed by atoms with E-state index in [1.54, 1.807) is 12.5 Å². The monoisotopic (exact) mass is 394 g/mol. The van der Waals surface area contributed by atoms with Gasteiger partial charge in [0.2, 0.25) is 17.7 Å². The van der Waals surface area contributed by atoms with Crippen LogP contribution in [0.1, 0.15) is 50.6 Å². The number of aromatic nitrogens is 2. The lowest BCUT2D eigenvalue weighted by Gasteiger charge is -2.19. The summed E-state index contributed by atoms with van der Waals surface area (Å²) in [5, 5.41) is 2.96. The van der Waals surface area contributed by atoms with Gasteiger partial charge in [-0.15, -0.1) is 0 Å². The number of nitrogens with one attached hydrogen (secondary N) is 1. The molecule has 1 N–H and O–H groups in total. The molecule has 1 aromatic heterocycles.